The number of aliphatic hydroxyl groups is 2. The number of esters is 1. The Balaban J connectivity index is 1.53. The van der Waals surface area contributed by atoms with Gasteiger partial charge < -0.3 is 14.9 Å². The summed E-state index contributed by atoms with van der Waals surface area (Å²) in [5.74, 6) is 0.623. The first kappa shape index (κ1) is 24.6. The molecule has 190 valence electrons. The normalized spacial score (nSPS) is 50.9. The Bertz CT molecular complexity index is 928. The number of carbonyl (C=O) groups is 1. The van der Waals surface area contributed by atoms with Gasteiger partial charge in [-0.3, -0.25) is 4.79 Å². The summed E-state index contributed by atoms with van der Waals surface area (Å²) in [5.41, 5.74) is 2.21. The van der Waals surface area contributed by atoms with E-state index in [-0.39, 0.29) is 51.7 Å². The summed E-state index contributed by atoms with van der Waals surface area (Å²) in [6.45, 7) is 15.7. The zero-order valence-electron chi connectivity index (χ0n) is 22.4. The monoisotopic (exact) mass is 470 g/mol. The van der Waals surface area contributed by atoms with Gasteiger partial charge in [-0.25, -0.2) is 0 Å². The Morgan fingerprint density at radius 1 is 1.15 bits per heavy atom. The van der Waals surface area contributed by atoms with Gasteiger partial charge in [0.25, 0.3) is 0 Å². The van der Waals surface area contributed by atoms with Crippen LogP contribution in [0.1, 0.15) is 93.4 Å². The van der Waals surface area contributed by atoms with Crippen LogP contribution in [0.3, 0.4) is 0 Å². The fraction of sp³-hybridized carbons (Fsp3) is 0.833. The molecule has 1 heterocycles. The van der Waals surface area contributed by atoms with E-state index in [1.807, 2.05) is 0 Å². The molecule has 0 amide bonds. The average molecular weight is 471 g/mol. The lowest BCUT2D eigenvalue weighted by Crippen LogP contribution is -2.61. The lowest BCUT2D eigenvalue weighted by Gasteiger charge is -2.65. The van der Waals surface area contributed by atoms with E-state index in [9.17, 15) is 15.0 Å². The Hall–Kier alpha value is -1.13. The molecule has 0 bridgehead atoms. The van der Waals surface area contributed by atoms with E-state index < -0.39 is 6.10 Å². The maximum absolute atomic E-state index is 13.0. The van der Waals surface area contributed by atoms with Gasteiger partial charge >= 0.3 is 5.97 Å². The molecule has 0 aromatic carbocycles. The molecule has 4 nitrogen and oxygen atoms in total. The van der Waals surface area contributed by atoms with E-state index in [1.54, 1.807) is 0 Å². The van der Waals surface area contributed by atoms with Gasteiger partial charge in [-0.2, -0.15) is 0 Å². The molecule has 0 aromatic heterocycles. The summed E-state index contributed by atoms with van der Waals surface area (Å²) in [7, 11) is 0. The summed E-state index contributed by atoms with van der Waals surface area (Å²) < 4.78 is 6.05. The van der Waals surface area contributed by atoms with Crippen molar-refractivity contribution in [2.24, 2.45) is 45.3 Å². The molecule has 0 aromatic rings. The fourth-order valence-corrected chi connectivity index (χ4v) is 9.83. The van der Waals surface area contributed by atoms with Crippen LogP contribution in [0.4, 0.5) is 0 Å². The molecule has 0 unspecified atom stereocenters. The highest BCUT2D eigenvalue weighted by atomic mass is 16.6. The third-order valence-corrected chi connectivity index (χ3v) is 12.0. The quantitative estimate of drug-likeness (QED) is 0.403. The summed E-state index contributed by atoms with van der Waals surface area (Å²) in [6, 6.07) is 0. The molecule has 5 aliphatic rings. The van der Waals surface area contributed by atoms with Gasteiger partial charge in [0.2, 0.25) is 0 Å². The lowest BCUT2D eigenvalue weighted by atomic mass is 9.40. The highest BCUT2D eigenvalue weighted by Crippen LogP contribution is 2.74. The molecule has 10 atom stereocenters. The Labute approximate surface area is 206 Å². The minimum Gasteiger partial charge on any atom is -0.462 e. The smallest absolute Gasteiger partial charge is 0.309 e. The van der Waals surface area contributed by atoms with Crippen molar-refractivity contribution in [3.63, 3.8) is 0 Å². The molecule has 4 heteroatoms. The fourth-order valence-electron chi connectivity index (χ4n) is 9.83. The first-order chi connectivity index (χ1) is 15.8. The number of allylic oxidation sites excluding steroid dienone is 4. The molecule has 0 radical (unpaired) electrons. The number of carbonyl (C=O) groups excluding carboxylic acids is 1. The molecule has 2 N–H and O–H groups in total. The largest absolute Gasteiger partial charge is 0.462 e. The van der Waals surface area contributed by atoms with Crippen LogP contribution in [0, 0.1) is 45.3 Å². The van der Waals surface area contributed by atoms with Crippen molar-refractivity contribution in [3.05, 3.63) is 23.3 Å². The van der Waals surface area contributed by atoms with E-state index in [1.165, 1.54) is 11.1 Å². The predicted molar refractivity (Wildman–Crippen MR) is 134 cm³/mol. The molecule has 3 saturated carbocycles. The molecule has 1 aliphatic heterocycles. The van der Waals surface area contributed by atoms with Crippen molar-refractivity contribution < 1.29 is 19.7 Å². The van der Waals surface area contributed by atoms with Gasteiger partial charge in [-0.05, 0) is 81.5 Å². The van der Waals surface area contributed by atoms with Crippen molar-refractivity contribution in [3.8, 4) is 0 Å². The second kappa shape index (κ2) is 7.68. The number of fused-ring (bicyclic) bond motifs is 7. The van der Waals surface area contributed by atoms with Crippen LogP contribution in [-0.2, 0) is 9.53 Å². The van der Waals surface area contributed by atoms with E-state index in [0.29, 0.717) is 11.8 Å². The first-order valence-corrected chi connectivity index (χ1v) is 13.7. The Morgan fingerprint density at radius 2 is 1.85 bits per heavy atom. The Kier molecular flexibility index (Phi) is 5.55. The van der Waals surface area contributed by atoms with E-state index >= 15 is 0 Å². The first-order valence-electron chi connectivity index (χ1n) is 13.7. The highest BCUT2D eigenvalue weighted by molar-refractivity contribution is 5.76. The van der Waals surface area contributed by atoms with Crippen LogP contribution in [-0.4, -0.2) is 34.5 Å². The number of ether oxygens (including phenoxy) is 1. The van der Waals surface area contributed by atoms with Gasteiger partial charge in [-0.1, -0.05) is 57.9 Å². The van der Waals surface area contributed by atoms with Crippen LogP contribution in [0.5, 0.6) is 0 Å². The number of hydrogen-bond donors (Lipinski definition) is 2. The standard InChI is InChI=1S/C30H46O4/c1-17(2)9-8-10-18-25-21(34-26(18)33)16-29(6)19-11-12-22-27(3,4)23(31)13-14-28(22,5)20(19)15-24(32)30(25,29)7/h9,11,18,20-25,31-32H,8,10,12-16H2,1-7H3/t18-,20+,21+,22+,23-,24-,25-,28-,29-,30+/m1/s1. The number of hydrogen-bond acceptors (Lipinski definition) is 4. The summed E-state index contributed by atoms with van der Waals surface area (Å²) in [4.78, 5) is 13.0. The zero-order chi connectivity index (χ0) is 24.8. The number of rotatable bonds is 3. The van der Waals surface area contributed by atoms with Crippen molar-refractivity contribution in [1.29, 1.82) is 0 Å². The molecule has 4 aliphatic carbocycles. The van der Waals surface area contributed by atoms with Crippen LogP contribution >= 0.6 is 0 Å². The molecule has 34 heavy (non-hydrogen) atoms. The average Bonchev–Trinajstić information content (AvgIpc) is 3.17. The van der Waals surface area contributed by atoms with Gasteiger partial charge in [0.1, 0.15) is 6.10 Å². The second-order valence-corrected chi connectivity index (χ2v) is 13.9. The van der Waals surface area contributed by atoms with Gasteiger partial charge in [0, 0.05) is 16.7 Å². The van der Waals surface area contributed by atoms with E-state index in [0.717, 1.165) is 44.9 Å². The van der Waals surface area contributed by atoms with Crippen molar-refractivity contribution >= 4 is 5.97 Å². The Morgan fingerprint density at radius 3 is 2.53 bits per heavy atom. The molecule has 1 saturated heterocycles. The van der Waals surface area contributed by atoms with Crippen LogP contribution < -0.4 is 0 Å². The zero-order valence-corrected chi connectivity index (χ0v) is 22.4. The van der Waals surface area contributed by atoms with Gasteiger partial charge in [-0.15, -0.1) is 0 Å². The van der Waals surface area contributed by atoms with Crippen molar-refractivity contribution in [2.75, 3.05) is 0 Å². The third kappa shape index (κ3) is 3.00. The van der Waals surface area contributed by atoms with Crippen LogP contribution in [0.25, 0.3) is 0 Å². The maximum Gasteiger partial charge on any atom is 0.309 e. The molecular formula is C30H46O4. The van der Waals surface area contributed by atoms with Gasteiger partial charge in [0.15, 0.2) is 0 Å². The molecular weight excluding hydrogens is 424 g/mol. The van der Waals surface area contributed by atoms with Crippen LogP contribution in [0.2, 0.25) is 0 Å². The molecule has 0 spiro atoms. The van der Waals surface area contributed by atoms with Crippen LogP contribution in [0.15, 0.2) is 23.3 Å². The minimum absolute atomic E-state index is 0.0533. The maximum atomic E-state index is 13.0. The van der Waals surface area contributed by atoms with Crippen molar-refractivity contribution in [1.82, 2.24) is 0 Å². The summed E-state index contributed by atoms with van der Waals surface area (Å²) in [6.07, 6.45) is 10.0. The molecule has 4 fully saturated rings. The summed E-state index contributed by atoms with van der Waals surface area (Å²) in [5, 5.41) is 22.8. The van der Waals surface area contributed by atoms with Gasteiger partial charge in [0.05, 0.1) is 18.1 Å². The molecule has 5 rings (SSSR count). The predicted octanol–water partition coefficient (Wildman–Crippen LogP) is 5.82. The second-order valence-electron chi connectivity index (χ2n) is 13.9. The third-order valence-electron chi connectivity index (χ3n) is 12.0. The van der Waals surface area contributed by atoms with E-state index in [2.05, 4.69) is 60.6 Å². The minimum atomic E-state index is -0.458. The lowest BCUT2D eigenvalue weighted by molar-refractivity contribution is -0.161. The summed E-state index contributed by atoms with van der Waals surface area (Å²) >= 11 is 0. The topological polar surface area (TPSA) is 66.8 Å². The highest BCUT2D eigenvalue weighted by Gasteiger charge is 2.73. The van der Waals surface area contributed by atoms with E-state index in [4.69, 9.17) is 4.74 Å². The SMILES string of the molecule is CC(C)=CCC[C@H]1C(=O)O[C@H]2C[C@]3(C)C4=CC[C@H]5C(C)(C)[C@H](O)CC[C@]5(C)[C@H]4C[C@@H](O)[C@@]3(C)[C@@H]21. The number of aliphatic hydroxyl groups excluding tert-OH is 2. The van der Waals surface area contributed by atoms with Crippen molar-refractivity contribution in [2.45, 2.75) is 112 Å².